The van der Waals surface area contributed by atoms with Crippen LogP contribution in [0.4, 0.5) is 0 Å². The number of rotatable bonds is 0. The van der Waals surface area contributed by atoms with Gasteiger partial charge in [0.25, 0.3) is 0 Å². The number of hydrogen-bond donors (Lipinski definition) is 0. The van der Waals surface area contributed by atoms with E-state index in [1.807, 2.05) is 0 Å². The summed E-state index contributed by atoms with van der Waals surface area (Å²) in [5.41, 5.74) is 2.51. The predicted molar refractivity (Wildman–Crippen MR) is 93.2 cm³/mol. The van der Waals surface area contributed by atoms with Crippen LogP contribution in [0.25, 0.3) is 0 Å². The van der Waals surface area contributed by atoms with Crippen LogP contribution in [-0.2, 0) is 42.7 Å². The minimum Gasteiger partial charge on any atom is -0.228 e. The van der Waals surface area contributed by atoms with Crippen LogP contribution in [0.15, 0.2) is 46.9 Å². The van der Waals surface area contributed by atoms with Crippen molar-refractivity contribution in [1.29, 1.82) is 0 Å². The van der Waals surface area contributed by atoms with Crippen molar-refractivity contribution in [3.05, 3.63) is 69.2 Å². The minimum absolute atomic E-state index is 0.0588. The molecule has 0 atom stereocenters. The zero-order valence-electron chi connectivity index (χ0n) is 12.2. The van der Waals surface area contributed by atoms with E-state index in [1.54, 1.807) is 42.5 Å². The van der Waals surface area contributed by atoms with E-state index in [9.17, 15) is 16.8 Å². The Morgan fingerprint density at radius 3 is 1.43 bits per heavy atom. The molecule has 0 spiro atoms. The lowest BCUT2D eigenvalue weighted by molar-refractivity contribution is 0.593. The fourth-order valence-electron chi connectivity index (χ4n) is 2.67. The van der Waals surface area contributed by atoms with Gasteiger partial charge in [0.2, 0.25) is 0 Å². The third-order valence-corrected chi connectivity index (χ3v) is 7.77. The summed E-state index contributed by atoms with van der Waals surface area (Å²) in [5.74, 6) is -0.361. The summed E-state index contributed by atoms with van der Waals surface area (Å²) < 4.78 is 50.2. The molecule has 0 saturated carbocycles. The lowest BCUT2D eigenvalue weighted by atomic mass is 10.2. The van der Waals surface area contributed by atoms with Gasteiger partial charge in [-0.1, -0.05) is 58.4 Å². The molecule has 122 valence electrons. The molecule has 2 aliphatic rings. The van der Waals surface area contributed by atoms with E-state index < -0.39 is 19.7 Å². The van der Waals surface area contributed by atoms with E-state index in [0.29, 0.717) is 26.7 Å². The molecule has 2 aromatic carbocycles. The number of fused-ring (bicyclic) bond motifs is 6. The molecule has 0 unspecified atom stereocenters. The van der Waals surface area contributed by atoms with Crippen molar-refractivity contribution in [1.82, 2.24) is 0 Å². The average Bonchev–Trinajstić information content (AvgIpc) is 2.44. The largest absolute Gasteiger partial charge is 0.228 e. The minimum atomic E-state index is -3.34. The van der Waals surface area contributed by atoms with Gasteiger partial charge >= 0.3 is 0 Å². The Bertz CT molecular complexity index is 871. The summed E-state index contributed by atoms with van der Waals surface area (Å²) >= 11 is 3.38. The van der Waals surface area contributed by atoms with E-state index in [-0.39, 0.29) is 23.0 Å². The van der Waals surface area contributed by atoms with E-state index in [1.165, 1.54) is 0 Å². The second-order valence-corrected chi connectivity index (χ2v) is 10.7. The molecule has 0 N–H and O–H groups in total. The van der Waals surface area contributed by atoms with E-state index in [0.717, 1.165) is 0 Å². The quantitative estimate of drug-likeness (QED) is 0.664. The van der Waals surface area contributed by atoms with Gasteiger partial charge in [-0.25, -0.2) is 16.8 Å². The van der Waals surface area contributed by atoms with Crippen LogP contribution < -0.4 is 0 Å². The Labute approximate surface area is 144 Å². The molecule has 0 aromatic heterocycles. The van der Waals surface area contributed by atoms with E-state index >= 15 is 0 Å². The first-order valence-corrected chi connectivity index (χ1v) is 11.4. The van der Waals surface area contributed by atoms with Crippen molar-refractivity contribution in [2.24, 2.45) is 0 Å². The molecule has 2 aromatic rings. The Balaban J connectivity index is 2.16. The highest BCUT2D eigenvalue weighted by atomic mass is 79.9. The second kappa shape index (κ2) is 6.03. The monoisotopic (exact) mass is 414 g/mol. The number of benzene rings is 2. The van der Waals surface area contributed by atoms with Crippen molar-refractivity contribution >= 4 is 35.6 Å². The summed E-state index contributed by atoms with van der Waals surface area (Å²) in [6.07, 6.45) is 0. The van der Waals surface area contributed by atoms with Gasteiger partial charge in [-0.3, -0.25) is 0 Å². The van der Waals surface area contributed by atoms with Gasteiger partial charge in [-0.15, -0.1) is 0 Å². The smallest absolute Gasteiger partial charge is 0.158 e. The van der Waals surface area contributed by atoms with Crippen LogP contribution in [0, 0.1) is 0 Å². The molecule has 4 nitrogen and oxygen atoms in total. The summed E-state index contributed by atoms with van der Waals surface area (Å²) in [7, 11) is -6.67. The third-order valence-electron chi connectivity index (χ3n) is 3.71. The van der Waals surface area contributed by atoms with Gasteiger partial charge in [0.15, 0.2) is 19.7 Å². The van der Waals surface area contributed by atoms with Crippen LogP contribution in [0.1, 0.15) is 22.3 Å². The molecule has 0 amide bonds. The SMILES string of the molecule is O=S1(=O)Cc2ccc(cc2)CS(=O)(=O)Cc2cccc(c2Br)C1. The van der Waals surface area contributed by atoms with Crippen LogP contribution in [0.3, 0.4) is 0 Å². The topological polar surface area (TPSA) is 68.3 Å². The fraction of sp³-hybridized carbons (Fsp3) is 0.250. The fourth-order valence-corrected chi connectivity index (χ4v) is 6.62. The molecule has 0 aliphatic carbocycles. The van der Waals surface area contributed by atoms with Crippen LogP contribution in [0.2, 0.25) is 0 Å². The summed E-state index contributed by atoms with van der Waals surface area (Å²) in [6, 6.07) is 11.9. The molecular weight excluding hydrogens is 400 g/mol. The van der Waals surface area contributed by atoms with Gasteiger partial charge in [0, 0.05) is 4.47 Å². The van der Waals surface area contributed by atoms with Gasteiger partial charge in [-0.05, 0) is 22.3 Å². The van der Waals surface area contributed by atoms with E-state index in [2.05, 4.69) is 15.9 Å². The zero-order valence-corrected chi connectivity index (χ0v) is 15.4. The van der Waals surface area contributed by atoms with Gasteiger partial charge in [0.05, 0.1) is 23.0 Å². The molecule has 4 rings (SSSR count). The van der Waals surface area contributed by atoms with Crippen LogP contribution in [0.5, 0.6) is 0 Å². The van der Waals surface area contributed by atoms with Crippen molar-refractivity contribution in [2.45, 2.75) is 23.0 Å². The molecule has 0 saturated heterocycles. The first-order valence-electron chi connectivity index (χ1n) is 6.99. The Morgan fingerprint density at radius 2 is 1.04 bits per heavy atom. The third kappa shape index (κ3) is 4.02. The molecular formula is C16H15BrO4S2. The highest BCUT2D eigenvalue weighted by molar-refractivity contribution is 9.10. The van der Waals surface area contributed by atoms with Crippen LogP contribution in [-0.4, -0.2) is 16.8 Å². The number of hydrogen-bond acceptors (Lipinski definition) is 4. The first-order chi connectivity index (χ1) is 10.7. The van der Waals surface area contributed by atoms with Crippen molar-refractivity contribution in [2.75, 3.05) is 0 Å². The van der Waals surface area contributed by atoms with Crippen molar-refractivity contribution in [3.63, 3.8) is 0 Å². The predicted octanol–water partition coefficient (Wildman–Crippen LogP) is 2.99. The maximum absolute atomic E-state index is 12.4. The Hall–Kier alpha value is -1.18. The van der Waals surface area contributed by atoms with Gasteiger partial charge in [0.1, 0.15) is 0 Å². The van der Waals surface area contributed by atoms with E-state index in [4.69, 9.17) is 0 Å². The maximum atomic E-state index is 12.4. The number of halogens is 1. The Morgan fingerprint density at radius 1 is 0.652 bits per heavy atom. The maximum Gasteiger partial charge on any atom is 0.158 e. The Kier molecular flexibility index (Phi) is 4.37. The zero-order chi connectivity index (χ0) is 16.7. The molecule has 4 bridgehead atoms. The lowest BCUT2D eigenvalue weighted by Crippen LogP contribution is -2.09. The molecule has 2 aliphatic heterocycles. The first kappa shape index (κ1) is 16.7. The summed E-state index contributed by atoms with van der Waals surface area (Å²) in [6.45, 7) is 0. The lowest BCUT2D eigenvalue weighted by Gasteiger charge is -2.10. The standard InChI is InChI=1S/C16H15BrO4S2/c17-16-14-2-1-3-15(16)11-23(20,21)9-13-6-4-12(5-7-13)8-22(18,19)10-14/h1-7H,8-11H2. The van der Waals surface area contributed by atoms with Crippen molar-refractivity contribution < 1.29 is 16.8 Å². The highest BCUT2D eigenvalue weighted by Gasteiger charge is 2.21. The molecule has 0 fully saturated rings. The van der Waals surface area contributed by atoms with Gasteiger partial charge < -0.3 is 0 Å². The molecule has 2 heterocycles. The van der Waals surface area contributed by atoms with Gasteiger partial charge in [-0.2, -0.15) is 0 Å². The number of sulfone groups is 2. The summed E-state index contributed by atoms with van der Waals surface area (Å²) in [5, 5.41) is 0. The average molecular weight is 415 g/mol. The molecule has 0 radical (unpaired) electrons. The van der Waals surface area contributed by atoms with Crippen molar-refractivity contribution in [3.8, 4) is 0 Å². The normalized spacial score (nSPS) is 19.3. The molecule has 7 heteroatoms. The molecule has 23 heavy (non-hydrogen) atoms. The summed E-state index contributed by atoms with van der Waals surface area (Å²) in [4.78, 5) is 0. The highest BCUT2D eigenvalue weighted by Crippen LogP contribution is 2.28. The van der Waals surface area contributed by atoms with Crippen LogP contribution >= 0.6 is 15.9 Å². The second-order valence-electron chi connectivity index (χ2n) is 5.77.